The molecule has 0 radical (unpaired) electrons. The third-order valence-electron chi connectivity index (χ3n) is 1.98. The van der Waals surface area contributed by atoms with Crippen molar-refractivity contribution >= 4 is 34.3 Å². The summed E-state index contributed by atoms with van der Waals surface area (Å²) >= 11 is 1.28. The number of nitro groups is 1. The molecule has 2 aromatic rings. The van der Waals surface area contributed by atoms with Crippen LogP contribution in [-0.4, -0.2) is 15.1 Å². The molecule has 0 spiro atoms. The zero-order valence-electron chi connectivity index (χ0n) is 8.61. The molecule has 1 heterocycles. The molecule has 0 saturated heterocycles. The van der Waals surface area contributed by atoms with Crippen molar-refractivity contribution in [1.82, 2.24) is 10.2 Å². The summed E-state index contributed by atoms with van der Waals surface area (Å²) in [4.78, 5) is 10.0. The SMILES string of the molecule is Nc1nnc(C=Cc2ccc([N+](=O)[O-])cc2)s1. The fourth-order valence-electron chi connectivity index (χ4n) is 1.19. The fourth-order valence-corrected chi connectivity index (χ4v) is 1.70. The number of aromatic nitrogens is 2. The Morgan fingerprint density at radius 3 is 2.47 bits per heavy atom. The molecule has 0 bridgehead atoms. The number of anilines is 1. The van der Waals surface area contributed by atoms with Crippen LogP contribution in [0.2, 0.25) is 0 Å². The first-order chi connectivity index (χ1) is 8.15. The highest BCUT2D eigenvalue weighted by Crippen LogP contribution is 2.16. The van der Waals surface area contributed by atoms with Gasteiger partial charge in [0, 0.05) is 12.1 Å². The van der Waals surface area contributed by atoms with Crippen LogP contribution < -0.4 is 5.73 Å². The Labute approximate surface area is 101 Å². The first-order valence-corrected chi connectivity index (χ1v) is 5.48. The summed E-state index contributed by atoms with van der Waals surface area (Å²) in [7, 11) is 0. The van der Waals surface area contributed by atoms with Gasteiger partial charge in [-0.15, -0.1) is 10.2 Å². The van der Waals surface area contributed by atoms with E-state index in [-0.39, 0.29) is 5.69 Å². The van der Waals surface area contributed by atoms with Crippen LogP contribution in [0.4, 0.5) is 10.8 Å². The maximum Gasteiger partial charge on any atom is 0.269 e. The molecule has 0 aliphatic rings. The maximum absolute atomic E-state index is 10.5. The van der Waals surface area contributed by atoms with Gasteiger partial charge in [0.15, 0.2) is 0 Å². The first kappa shape index (κ1) is 11.2. The van der Waals surface area contributed by atoms with Crippen molar-refractivity contribution in [1.29, 1.82) is 0 Å². The molecule has 1 aromatic carbocycles. The molecule has 0 saturated carbocycles. The molecule has 2 rings (SSSR count). The third kappa shape index (κ3) is 2.85. The van der Waals surface area contributed by atoms with Crippen LogP contribution in [0.15, 0.2) is 24.3 Å². The minimum atomic E-state index is -0.432. The van der Waals surface area contributed by atoms with Gasteiger partial charge in [-0.2, -0.15) is 0 Å². The predicted octanol–water partition coefficient (Wildman–Crippen LogP) is 2.20. The Hall–Kier alpha value is -2.28. The molecular formula is C10H8N4O2S. The summed E-state index contributed by atoms with van der Waals surface area (Å²) in [5.74, 6) is 0. The van der Waals surface area contributed by atoms with Crippen LogP contribution in [0.5, 0.6) is 0 Å². The predicted molar refractivity (Wildman–Crippen MR) is 66.3 cm³/mol. The number of nitrogens with two attached hydrogens (primary N) is 1. The van der Waals surface area contributed by atoms with Gasteiger partial charge in [0.2, 0.25) is 5.13 Å². The summed E-state index contributed by atoms with van der Waals surface area (Å²) in [5, 5.41) is 19.1. The number of benzene rings is 1. The maximum atomic E-state index is 10.5. The van der Waals surface area contributed by atoms with Crippen LogP contribution >= 0.6 is 11.3 Å². The summed E-state index contributed by atoms with van der Waals surface area (Å²) in [5.41, 5.74) is 6.36. The molecule has 0 amide bonds. The Morgan fingerprint density at radius 2 is 1.94 bits per heavy atom. The summed E-state index contributed by atoms with van der Waals surface area (Å²) < 4.78 is 0. The van der Waals surface area contributed by atoms with Gasteiger partial charge >= 0.3 is 0 Å². The smallest absolute Gasteiger partial charge is 0.269 e. The van der Waals surface area contributed by atoms with E-state index >= 15 is 0 Å². The molecule has 2 N–H and O–H groups in total. The Balaban J connectivity index is 2.13. The second-order valence-electron chi connectivity index (χ2n) is 3.16. The second kappa shape index (κ2) is 4.71. The van der Waals surface area contributed by atoms with E-state index in [9.17, 15) is 10.1 Å². The highest BCUT2D eigenvalue weighted by atomic mass is 32.1. The molecular weight excluding hydrogens is 240 g/mol. The lowest BCUT2D eigenvalue weighted by atomic mass is 10.2. The highest BCUT2D eigenvalue weighted by molar-refractivity contribution is 7.15. The Morgan fingerprint density at radius 1 is 1.24 bits per heavy atom. The van der Waals surface area contributed by atoms with Gasteiger partial charge in [-0.25, -0.2) is 0 Å². The zero-order valence-corrected chi connectivity index (χ0v) is 9.42. The summed E-state index contributed by atoms with van der Waals surface area (Å²) in [6, 6.07) is 6.24. The lowest BCUT2D eigenvalue weighted by Gasteiger charge is -1.92. The average molecular weight is 248 g/mol. The quantitative estimate of drug-likeness (QED) is 0.663. The first-order valence-electron chi connectivity index (χ1n) is 4.66. The zero-order chi connectivity index (χ0) is 12.3. The highest BCUT2D eigenvalue weighted by Gasteiger charge is 2.02. The van der Waals surface area contributed by atoms with E-state index < -0.39 is 4.92 Å². The van der Waals surface area contributed by atoms with E-state index in [1.54, 1.807) is 24.3 Å². The van der Waals surface area contributed by atoms with E-state index in [1.165, 1.54) is 23.5 Å². The van der Waals surface area contributed by atoms with Gasteiger partial charge in [0.1, 0.15) is 5.01 Å². The molecule has 0 fully saturated rings. The number of nitrogen functional groups attached to an aromatic ring is 1. The van der Waals surface area contributed by atoms with Gasteiger partial charge in [0.05, 0.1) is 4.92 Å². The minimum Gasteiger partial charge on any atom is -0.374 e. The number of rotatable bonds is 3. The second-order valence-corrected chi connectivity index (χ2v) is 4.20. The monoisotopic (exact) mass is 248 g/mol. The van der Waals surface area contributed by atoms with E-state index in [4.69, 9.17) is 5.73 Å². The molecule has 0 unspecified atom stereocenters. The van der Waals surface area contributed by atoms with Crippen LogP contribution in [0.3, 0.4) is 0 Å². The molecule has 17 heavy (non-hydrogen) atoms. The molecule has 86 valence electrons. The molecule has 0 atom stereocenters. The standard InChI is InChI=1S/C10H8N4O2S/c11-10-13-12-9(17-10)6-3-7-1-4-8(5-2-7)14(15)16/h1-6H,(H2,11,13). The number of hydrogen-bond acceptors (Lipinski definition) is 6. The van der Waals surface area contributed by atoms with Gasteiger partial charge in [-0.3, -0.25) is 10.1 Å². The van der Waals surface area contributed by atoms with Crippen LogP contribution in [-0.2, 0) is 0 Å². The van der Waals surface area contributed by atoms with Gasteiger partial charge < -0.3 is 5.73 Å². The molecule has 0 aliphatic carbocycles. The molecule has 6 nitrogen and oxygen atoms in total. The van der Waals surface area contributed by atoms with E-state index in [2.05, 4.69) is 10.2 Å². The molecule has 1 aromatic heterocycles. The van der Waals surface area contributed by atoms with Gasteiger partial charge in [-0.1, -0.05) is 17.4 Å². The third-order valence-corrected chi connectivity index (χ3v) is 2.70. The van der Waals surface area contributed by atoms with E-state index in [0.717, 1.165) is 5.56 Å². The van der Waals surface area contributed by atoms with Crippen molar-refractivity contribution < 1.29 is 4.92 Å². The Kier molecular flexibility index (Phi) is 3.10. The summed E-state index contributed by atoms with van der Waals surface area (Å²) in [6.45, 7) is 0. The molecule has 7 heteroatoms. The number of hydrogen-bond donors (Lipinski definition) is 1. The van der Waals surface area contributed by atoms with E-state index in [1.807, 2.05) is 0 Å². The normalized spacial score (nSPS) is 10.8. The lowest BCUT2D eigenvalue weighted by molar-refractivity contribution is -0.384. The largest absolute Gasteiger partial charge is 0.374 e. The van der Waals surface area contributed by atoms with Crippen LogP contribution in [0.1, 0.15) is 10.6 Å². The van der Waals surface area contributed by atoms with Crippen LogP contribution in [0.25, 0.3) is 12.2 Å². The van der Waals surface area contributed by atoms with Crippen molar-refractivity contribution in [2.45, 2.75) is 0 Å². The van der Waals surface area contributed by atoms with Crippen molar-refractivity contribution in [3.05, 3.63) is 45.0 Å². The van der Waals surface area contributed by atoms with Gasteiger partial charge in [-0.05, 0) is 23.8 Å². The minimum absolute atomic E-state index is 0.0716. The van der Waals surface area contributed by atoms with Crippen molar-refractivity contribution in [3.8, 4) is 0 Å². The number of nitro benzene ring substituents is 1. The Bertz CT molecular complexity index is 562. The lowest BCUT2D eigenvalue weighted by Crippen LogP contribution is -1.86. The van der Waals surface area contributed by atoms with Crippen molar-refractivity contribution in [2.75, 3.05) is 5.73 Å². The summed E-state index contributed by atoms with van der Waals surface area (Å²) in [6.07, 6.45) is 3.55. The number of nitrogens with zero attached hydrogens (tertiary/aromatic N) is 3. The average Bonchev–Trinajstić information content (AvgIpc) is 2.73. The number of non-ortho nitro benzene ring substituents is 1. The molecule has 0 aliphatic heterocycles. The fraction of sp³-hybridized carbons (Fsp3) is 0. The topological polar surface area (TPSA) is 94.9 Å². The van der Waals surface area contributed by atoms with Gasteiger partial charge in [0.25, 0.3) is 5.69 Å². The van der Waals surface area contributed by atoms with Crippen molar-refractivity contribution in [2.24, 2.45) is 0 Å². The van der Waals surface area contributed by atoms with E-state index in [0.29, 0.717) is 10.1 Å². The van der Waals surface area contributed by atoms with Crippen molar-refractivity contribution in [3.63, 3.8) is 0 Å². The van der Waals surface area contributed by atoms with Crippen LogP contribution in [0, 0.1) is 10.1 Å².